The van der Waals surface area contributed by atoms with Gasteiger partial charge in [-0.05, 0) is 42.8 Å². The Bertz CT molecular complexity index is 840. The molecule has 0 unspecified atom stereocenters. The Balaban J connectivity index is 1.42. The highest BCUT2D eigenvalue weighted by Crippen LogP contribution is 2.28. The average molecular weight is 412 g/mol. The van der Waals surface area contributed by atoms with Crippen LogP contribution < -0.4 is 4.74 Å². The Morgan fingerprint density at radius 1 is 0.793 bits per heavy atom. The maximum atomic E-state index is 5.94. The van der Waals surface area contributed by atoms with Gasteiger partial charge in [0.1, 0.15) is 11.4 Å². The number of halogens is 1. The molecular weight excluding hydrogens is 382 g/mol. The highest BCUT2D eigenvalue weighted by atomic mass is 35.5. The molecule has 0 saturated heterocycles. The van der Waals surface area contributed by atoms with E-state index in [-0.39, 0.29) is 0 Å². The van der Waals surface area contributed by atoms with E-state index in [9.17, 15) is 0 Å². The van der Waals surface area contributed by atoms with Gasteiger partial charge in [0, 0.05) is 22.2 Å². The second-order valence-electron chi connectivity index (χ2n) is 7.43. The van der Waals surface area contributed by atoms with Gasteiger partial charge < -0.3 is 9.26 Å². The fourth-order valence-electron chi connectivity index (χ4n) is 3.31. The van der Waals surface area contributed by atoms with Gasteiger partial charge in [-0.3, -0.25) is 0 Å². The van der Waals surface area contributed by atoms with Crippen molar-refractivity contribution in [3.63, 3.8) is 0 Å². The zero-order valence-corrected chi connectivity index (χ0v) is 18.0. The molecule has 1 heterocycles. The Labute approximate surface area is 179 Å². The van der Waals surface area contributed by atoms with E-state index in [2.05, 4.69) is 12.1 Å². The van der Waals surface area contributed by atoms with Gasteiger partial charge in [-0.2, -0.15) is 0 Å². The fourth-order valence-corrected chi connectivity index (χ4v) is 3.44. The number of aromatic nitrogens is 1. The number of ether oxygens (including phenoxy) is 1. The van der Waals surface area contributed by atoms with E-state index in [1.807, 2.05) is 54.6 Å². The Morgan fingerprint density at radius 3 is 2.10 bits per heavy atom. The maximum Gasteiger partial charge on any atom is 0.167 e. The SMILES string of the molecule is CCCCCCCCCCOc1ccc(-c2cc(-c3ccc(Cl)cc3)no2)cc1. The Kier molecular flexibility index (Phi) is 8.63. The van der Waals surface area contributed by atoms with Crippen LogP contribution >= 0.6 is 11.6 Å². The number of nitrogens with zero attached hydrogens (tertiary/aromatic N) is 1. The number of hydrogen-bond acceptors (Lipinski definition) is 3. The summed E-state index contributed by atoms with van der Waals surface area (Å²) in [6, 6.07) is 17.5. The quantitative estimate of drug-likeness (QED) is 0.282. The second-order valence-corrected chi connectivity index (χ2v) is 7.87. The molecule has 1 aromatic heterocycles. The smallest absolute Gasteiger partial charge is 0.167 e. The predicted molar refractivity (Wildman–Crippen MR) is 120 cm³/mol. The molecule has 0 aliphatic rings. The topological polar surface area (TPSA) is 35.3 Å². The predicted octanol–water partition coefficient (Wildman–Crippen LogP) is 8.18. The van der Waals surface area contributed by atoms with Crippen molar-refractivity contribution in [3.05, 3.63) is 59.6 Å². The molecule has 0 aliphatic heterocycles. The van der Waals surface area contributed by atoms with E-state index in [4.69, 9.17) is 20.9 Å². The summed E-state index contributed by atoms with van der Waals surface area (Å²) >= 11 is 5.94. The van der Waals surface area contributed by atoms with E-state index in [1.165, 1.54) is 44.9 Å². The zero-order valence-electron chi connectivity index (χ0n) is 17.2. The van der Waals surface area contributed by atoms with E-state index in [0.717, 1.165) is 41.4 Å². The summed E-state index contributed by atoms with van der Waals surface area (Å²) in [7, 11) is 0. The van der Waals surface area contributed by atoms with E-state index in [0.29, 0.717) is 5.02 Å². The number of unbranched alkanes of at least 4 members (excludes halogenated alkanes) is 7. The molecule has 3 nitrogen and oxygen atoms in total. The average Bonchev–Trinajstić information content (AvgIpc) is 3.24. The summed E-state index contributed by atoms with van der Waals surface area (Å²) in [6.07, 6.45) is 10.5. The van der Waals surface area contributed by atoms with Gasteiger partial charge in [-0.1, -0.05) is 80.8 Å². The number of benzene rings is 2. The molecule has 0 bridgehead atoms. The lowest BCUT2D eigenvalue weighted by Crippen LogP contribution is -1.97. The summed E-state index contributed by atoms with van der Waals surface area (Å²) in [5, 5.41) is 4.88. The lowest BCUT2D eigenvalue weighted by Gasteiger charge is -2.06. The van der Waals surface area contributed by atoms with Gasteiger partial charge in [-0.25, -0.2) is 0 Å². The molecule has 0 fully saturated rings. The van der Waals surface area contributed by atoms with Gasteiger partial charge in [0.25, 0.3) is 0 Å². The molecule has 0 amide bonds. The normalized spacial score (nSPS) is 11.0. The molecule has 3 aromatic rings. The summed E-state index contributed by atoms with van der Waals surface area (Å²) in [4.78, 5) is 0. The van der Waals surface area contributed by atoms with Crippen LogP contribution in [0, 0.1) is 0 Å². The first-order valence-corrected chi connectivity index (χ1v) is 11.1. The molecule has 0 radical (unpaired) electrons. The molecule has 29 heavy (non-hydrogen) atoms. The first kappa shape index (κ1) is 21.4. The highest BCUT2D eigenvalue weighted by molar-refractivity contribution is 6.30. The van der Waals surface area contributed by atoms with Crippen LogP contribution in [0.5, 0.6) is 5.75 Å². The number of hydrogen-bond donors (Lipinski definition) is 0. The van der Waals surface area contributed by atoms with Gasteiger partial charge in [0.15, 0.2) is 5.76 Å². The third-order valence-electron chi connectivity index (χ3n) is 5.06. The largest absolute Gasteiger partial charge is 0.494 e. The van der Waals surface area contributed by atoms with Crippen molar-refractivity contribution in [1.82, 2.24) is 5.16 Å². The van der Waals surface area contributed by atoms with Crippen LogP contribution in [0.3, 0.4) is 0 Å². The Morgan fingerprint density at radius 2 is 1.41 bits per heavy atom. The van der Waals surface area contributed by atoms with Gasteiger partial charge in [-0.15, -0.1) is 0 Å². The molecule has 154 valence electrons. The van der Waals surface area contributed by atoms with Crippen molar-refractivity contribution < 1.29 is 9.26 Å². The van der Waals surface area contributed by atoms with E-state index < -0.39 is 0 Å². The molecule has 0 atom stereocenters. The zero-order chi connectivity index (χ0) is 20.3. The summed E-state index contributed by atoms with van der Waals surface area (Å²) in [5.41, 5.74) is 2.76. The van der Waals surface area contributed by atoms with Crippen molar-refractivity contribution in [2.45, 2.75) is 58.3 Å². The van der Waals surface area contributed by atoms with Crippen LogP contribution in [-0.4, -0.2) is 11.8 Å². The fraction of sp³-hybridized carbons (Fsp3) is 0.400. The van der Waals surface area contributed by atoms with Gasteiger partial charge in [0.05, 0.1) is 6.61 Å². The van der Waals surface area contributed by atoms with E-state index >= 15 is 0 Å². The molecular formula is C25H30ClNO2. The van der Waals surface area contributed by atoms with Crippen molar-refractivity contribution in [3.8, 4) is 28.3 Å². The molecule has 0 saturated carbocycles. The molecule has 0 N–H and O–H groups in total. The second kappa shape index (κ2) is 11.7. The van der Waals surface area contributed by atoms with Crippen LogP contribution in [-0.2, 0) is 0 Å². The Hall–Kier alpha value is -2.26. The van der Waals surface area contributed by atoms with Crippen molar-refractivity contribution >= 4 is 11.6 Å². The minimum absolute atomic E-state index is 0.708. The summed E-state index contributed by atoms with van der Waals surface area (Å²) < 4.78 is 11.4. The lowest BCUT2D eigenvalue weighted by atomic mass is 10.1. The minimum atomic E-state index is 0.708. The van der Waals surface area contributed by atoms with Crippen LogP contribution in [0.4, 0.5) is 0 Å². The molecule has 4 heteroatoms. The van der Waals surface area contributed by atoms with Crippen LogP contribution in [0.25, 0.3) is 22.6 Å². The lowest BCUT2D eigenvalue weighted by molar-refractivity contribution is 0.304. The van der Waals surface area contributed by atoms with Gasteiger partial charge >= 0.3 is 0 Å². The highest BCUT2D eigenvalue weighted by Gasteiger charge is 2.09. The first-order valence-electron chi connectivity index (χ1n) is 10.7. The van der Waals surface area contributed by atoms with Crippen molar-refractivity contribution in [2.75, 3.05) is 6.61 Å². The van der Waals surface area contributed by atoms with Crippen LogP contribution in [0.1, 0.15) is 58.3 Å². The third-order valence-corrected chi connectivity index (χ3v) is 5.31. The molecule has 2 aromatic carbocycles. The van der Waals surface area contributed by atoms with Crippen molar-refractivity contribution in [2.24, 2.45) is 0 Å². The monoisotopic (exact) mass is 411 g/mol. The molecule has 0 aliphatic carbocycles. The van der Waals surface area contributed by atoms with Gasteiger partial charge in [0.2, 0.25) is 0 Å². The maximum absolute atomic E-state index is 5.94. The summed E-state index contributed by atoms with van der Waals surface area (Å²) in [6.45, 7) is 3.03. The van der Waals surface area contributed by atoms with E-state index in [1.54, 1.807) is 0 Å². The van der Waals surface area contributed by atoms with Crippen LogP contribution in [0.2, 0.25) is 5.02 Å². The summed E-state index contributed by atoms with van der Waals surface area (Å²) in [5.74, 6) is 1.64. The van der Waals surface area contributed by atoms with Crippen LogP contribution in [0.15, 0.2) is 59.1 Å². The molecule has 3 rings (SSSR count). The third kappa shape index (κ3) is 6.93. The van der Waals surface area contributed by atoms with Crippen molar-refractivity contribution in [1.29, 1.82) is 0 Å². The standard InChI is InChI=1S/C25H30ClNO2/c1-2-3-4-5-6-7-8-9-18-28-23-16-12-21(13-17-23)25-19-24(27-29-25)20-10-14-22(26)15-11-20/h10-17,19H,2-9,18H2,1H3. The minimum Gasteiger partial charge on any atom is -0.494 e. The first-order chi connectivity index (χ1) is 14.3. The number of rotatable bonds is 12. The molecule has 0 spiro atoms.